The summed E-state index contributed by atoms with van der Waals surface area (Å²) in [4.78, 5) is 0. The molecule has 1 atom stereocenters. The molecule has 0 bridgehead atoms. The van der Waals surface area contributed by atoms with Crippen LogP contribution in [0.5, 0.6) is 5.75 Å². The Bertz CT molecular complexity index is 297. The molecule has 0 fully saturated rings. The lowest BCUT2D eigenvalue weighted by Crippen LogP contribution is -2.01. The molecule has 0 aromatic heterocycles. The third-order valence-corrected chi connectivity index (χ3v) is 2.07. The Kier molecular flexibility index (Phi) is 3.89. The second-order valence-electron chi connectivity index (χ2n) is 3.36. The summed E-state index contributed by atoms with van der Waals surface area (Å²) in [6, 6.07) is 4.76. The SMILES string of the molecule is COc1cc(CCC(C)O)ccc1F. The fourth-order valence-electron chi connectivity index (χ4n) is 1.24. The molecule has 1 N–H and O–H groups in total. The molecule has 0 aliphatic carbocycles. The molecule has 1 rings (SSSR count). The molecule has 3 heteroatoms. The highest BCUT2D eigenvalue weighted by Crippen LogP contribution is 2.19. The summed E-state index contributed by atoms with van der Waals surface area (Å²) in [7, 11) is 1.44. The van der Waals surface area contributed by atoms with Gasteiger partial charge >= 0.3 is 0 Å². The van der Waals surface area contributed by atoms with Gasteiger partial charge in [0.2, 0.25) is 0 Å². The van der Waals surface area contributed by atoms with Gasteiger partial charge < -0.3 is 9.84 Å². The maximum Gasteiger partial charge on any atom is 0.165 e. The van der Waals surface area contributed by atoms with Gasteiger partial charge in [-0.05, 0) is 37.5 Å². The van der Waals surface area contributed by atoms with E-state index in [-0.39, 0.29) is 17.7 Å². The van der Waals surface area contributed by atoms with Crippen molar-refractivity contribution in [3.05, 3.63) is 29.6 Å². The average Bonchev–Trinajstić information content (AvgIpc) is 2.16. The zero-order valence-corrected chi connectivity index (χ0v) is 8.46. The van der Waals surface area contributed by atoms with E-state index in [0.717, 1.165) is 12.0 Å². The number of rotatable bonds is 4. The molecule has 0 saturated heterocycles. The van der Waals surface area contributed by atoms with Crippen molar-refractivity contribution < 1.29 is 14.2 Å². The summed E-state index contributed by atoms with van der Waals surface area (Å²) in [5.41, 5.74) is 0.976. The van der Waals surface area contributed by atoms with Crippen molar-refractivity contribution in [2.45, 2.75) is 25.9 Å². The van der Waals surface area contributed by atoms with E-state index >= 15 is 0 Å². The highest BCUT2D eigenvalue weighted by molar-refractivity contribution is 5.30. The zero-order chi connectivity index (χ0) is 10.6. The predicted molar refractivity (Wildman–Crippen MR) is 53.0 cm³/mol. The second-order valence-corrected chi connectivity index (χ2v) is 3.36. The lowest BCUT2D eigenvalue weighted by Gasteiger charge is -2.06. The van der Waals surface area contributed by atoms with E-state index in [1.165, 1.54) is 13.2 Å². The van der Waals surface area contributed by atoms with Crippen LogP contribution in [0.15, 0.2) is 18.2 Å². The Morgan fingerprint density at radius 3 is 2.79 bits per heavy atom. The highest BCUT2D eigenvalue weighted by atomic mass is 19.1. The smallest absolute Gasteiger partial charge is 0.165 e. The number of methoxy groups -OCH3 is 1. The Balaban J connectivity index is 2.69. The maximum absolute atomic E-state index is 13.0. The number of aliphatic hydroxyl groups excluding tert-OH is 1. The first-order valence-electron chi connectivity index (χ1n) is 4.64. The van der Waals surface area contributed by atoms with Crippen molar-refractivity contribution in [1.82, 2.24) is 0 Å². The van der Waals surface area contributed by atoms with E-state index < -0.39 is 0 Å². The van der Waals surface area contributed by atoms with Crippen LogP contribution in [0.3, 0.4) is 0 Å². The van der Waals surface area contributed by atoms with E-state index in [0.29, 0.717) is 6.42 Å². The van der Waals surface area contributed by atoms with Crippen molar-refractivity contribution in [3.63, 3.8) is 0 Å². The van der Waals surface area contributed by atoms with Gasteiger partial charge in [-0.25, -0.2) is 4.39 Å². The quantitative estimate of drug-likeness (QED) is 0.803. The number of halogens is 1. The van der Waals surface area contributed by atoms with Gasteiger partial charge in [0.25, 0.3) is 0 Å². The fourth-order valence-corrected chi connectivity index (χ4v) is 1.24. The van der Waals surface area contributed by atoms with Crippen molar-refractivity contribution in [2.75, 3.05) is 7.11 Å². The molecular weight excluding hydrogens is 183 g/mol. The van der Waals surface area contributed by atoms with Crippen molar-refractivity contribution in [3.8, 4) is 5.75 Å². The molecule has 0 spiro atoms. The predicted octanol–water partition coefficient (Wildman–Crippen LogP) is 2.15. The molecule has 14 heavy (non-hydrogen) atoms. The summed E-state index contributed by atoms with van der Waals surface area (Å²) >= 11 is 0. The first-order chi connectivity index (χ1) is 6.63. The number of aryl methyl sites for hydroxylation is 1. The summed E-state index contributed by atoms with van der Waals surface area (Å²) in [5, 5.41) is 9.09. The maximum atomic E-state index is 13.0. The second kappa shape index (κ2) is 4.96. The van der Waals surface area contributed by atoms with Crippen LogP contribution in [0.2, 0.25) is 0 Å². The molecule has 0 saturated carbocycles. The van der Waals surface area contributed by atoms with Crippen LogP contribution in [-0.4, -0.2) is 18.3 Å². The molecular formula is C11H15FO2. The minimum atomic E-state index is -0.353. The monoisotopic (exact) mass is 198 g/mol. The van der Waals surface area contributed by atoms with Crippen LogP contribution in [0.25, 0.3) is 0 Å². The largest absolute Gasteiger partial charge is 0.494 e. The van der Waals surface area contributed by atoms with Crippen molar-refractivity contribution in [1.29, 1.82) is 0 Å². The Labute approximate surface area is 83.3 Å². The standard InChI is InChI=1S/C11H15FO2/c1-8(13)3-4-9-5-6-10(12)11(7-9)14-2/h5-8,13H,3-4H2,1-2H3. The van der Waals surface area contributed by atoms with Gasteiger partial charge in [-0.2, -0.15) is 0 Å². The van der Waals surface area contributed by atoms with Crippen LogP contribution >= 0.6 is 0 Å². The van der Waals surface area contributed by atoms with Crippen LogP contribution in [0.4, 0.5) is 4.39 Å². The first-order valence-corrected chi connectivity index (χ1v) is 4.64. The molecule has 1 aromatic rings. The van der Waals surface area contributed by atoms with E-state index in [9.17, 15) is 4.39 Å². The summed E-state index contributed by atoms with van der Waals surface area (Å²) in [6.45, 7) is 1.74. The third-order valence-electron chi connectivity index (χ3n) is 2.07. The Hall–Kier alpha value is -1.09. The van der Waals surface area contributed by atoms with E-state index in [1.54, 1.807) is 19.1 Å². The van der Waals surface area contributed by atoms with Crippen LogP contribution in [0, 0.1) is 5.82 Å². The van der Waals surface area contributed by atoms with E-state index in [4.69, 9.17) is 9.84 Å². The van der Waals surface area contributed by atoms with E-state index in [1.807, 2.05) is 0 Å². The summed E-state index contributed by atoms with van der Waals surface area (Å²) < 4.78 is 17.8. The Morgan fingerprint density at radius 2 is 2.21 bits per heavy atom. The summed E-state index contributed by atoms with van der Waals surface area (Å²) in [5.74, 6) is -0.0959. The molecule has 1 unspecified atom stereocenters. The lowest BCUT2D eigenvalue weighted by molar-refractivity contribution is 0.185. The topological polar surface area (TPSA) is 29.5 Å². The van der Waals surface area contributed by atoms with Gasteiger partial charge in [0.15, 0.2) is 11.6 Å². The molecule has 2 nitrogen and oxygen atoms in total. The summed E-state index contributed by atoms with van der Waals surface area (Å²) in [6.07, 6.45) is 1.08. The Morgan fingerprint density at radius 1 is 1.50 bits per heavy atom. The molecule has 1 aromatic carbocycles. The molecule has 0 heterocycles. The van der Waals surface area contributed by atoms with Crippen LogP contribution in [-0.2, 0) is 6.42 Å². The van der Waals surface area contributed by atoms with Gasteiger partial charge in [0.1, 0.15) is 0 Å². The molecule has 0 aliphatic heterocycles. The highest BCUT2D eigenvalue weighted by Gasteiger charge is 2.04. The van der Waals surface area contributed by atoms with Crippen molar-refractivity contribution >= 4 is 0 Å². The minimum Gasteiger partial charge on any atom is -0.494 e. The zero-order valence-electron chi connectivity index (χ0n) is 8.46. The number of hydrogen-bond donors (Lipinski definition) is 1. The average molecular weight is 198 g/mol. The van der Waals surface area contributed by atoms with Crippen LogP contribution < -0.4 is 4.74 Å². The van der Waals surface area contributed by atoms with Gasteiger partial charge in [-0.1, -0.05) is 6.07 Å². The van der Waals surface area contributed by atoms with Crippen LogP contribution in [0.1, 0.15) is 18.9 Å². The van der Waals surface area contributed by atoms with Gasteiger partial charge in [-0.3, -0.25) is 0 Å². The minimum absolute atomic E-state index is 0.257. The number of benzene rings is 1. The lowest BCUT2D eigenvalue weighted by atomic mass is 10.1. The number of ether oxygens (including phenoxy) is 1. The van der Waals surface area contributed by atoms with Gasteiger partial charge in [0, 0.05) is 0 Å². The third kappa shape index (κ3) is 3.00. The fraction of sp³-hybridized carbons (Fsp3) is 0.455. The van der Waals surface area contributed by atoms with Gasteiger partial charge in [0.05, 0.1) is 13.2 Å². The van der Waals surface area contributed by atoms with Gasteiger partial charge in [-0.15, -0.1) is 0 Å². The normalized spacial score (nSPS) is 12.6. The number of hydrogen-bond acceptors (Lipinski definition) is 2. The molecule has 0 amide bonds. The molecule has 78 valence electrons. The molecule has 0 radical (unpaired) electrons. The number of aliphatic hydroxyl groups is 1. The van der Waals surface area contributed by atoms with E-state index in [2.05, 4.69) is 0 Å². The van der Waals surface area contributed by atoms with Crippen molar-refractivity contribution in [2.24, 2.45) is 0 Å². The molecule has 0 aliphatic rings. The first kappa shape index (κ1) is 11.0.